The lowest BCUT2D eigenvalue weighted by Crippen LogP contribution is -2.31. The Labute approximate surface area is 157 Å². The molecule has 0 fully saturated rings. The smallest absolute Gasteiger partial charge is 0.306 e. The monoisotopic (exact) mass is 370 g/mol. The highest BCUT2D eigenvalue weighted by Gasteiger charge is 2.35. The standard InChI is InChI=1S/C20H22N2O5/c1-3-5-20(24)27-13-19(23)22-17(18-6-4-11-26-18)12-16(21-22)14-7-9-15(25-2)10-8-14/h4,6-11,17H,3,5,12-13H2,1-2H3/t17-/m0/s1. The lowest BCUT2D eigenvalue weighted by atomic mass is 10.0. The van der Waals surface area contributed by atoms with E-state index in [1.54, 1.807) is 25.5 Å². The highest BCUT2D eigenvalue weighted by Crippen LogP contribution is 2.33. The van der Waals surface area contributed by atoms with Gasteiger partial charge in [0.25, 0.3) is 5.91 Å². The Bertz CT molecular complexity index is 811. The molecule has 3 rings (SSSR count). The molecule has 1 aromatic heterocycles. The van der Waals surface area contributed by atoms with Gasteiger partial charge in [0, 0.05) is 12.8 Å². The highest BCUT2D eigenvalue weighted by atomic mass is 16.5. The van der Waals surface area contributed by atoms with Crippen molar-refractivity contribution in [2.75, 3.05) is 13.7 Å². The van der Waals surface area contributed by atoms with Crippen LogP contribution in [0.3, 0.4) is 0 Å². The number of benzene rings is 1. The van der Waals surface area contributed by atoms with Crippen molar-refractivity contribution in [2.45, 2.75) is 32.2 Å². The third kappa shape index (κ3) is 4.36. The molecule has 2 aromatic rings. The molecule has 0 N–H and O–H groups in total. The second-order valence-corrected chi connectivity index (χ2v) is 6.16. The molecule has 1 amide bonds. The van der Waals surface area contributed by atoms with Crippen LogP contribution < -0.4 is 4.74 Å². The van der Waals surface area contributed by atoms with Crippen LogP contribution in [-0.4, -0.2) is 36.3 Å². The summed E-state index contributed by atoms with van der Waals surface area (Å²) < 4.78 is 15.7. The topological polar surface area (TPSA) is 81.3 Å². The summed E-state index contributed by atoms with van der Waals surface area (Å²) in [6, 6.07) is 10.7. The minimum Gasteiger partial charge on any atom is -0.497 e. The molecule has 1 aliphatic heterocycles. The lowest BCUT2D eigenvalue weighted by molar-refractivity contribution is -0.153. The fraction of sp³-hybridized carbons (Fsp3) is 0.350. The van der Waals surface area contributed by atoms with E-state index in [2.05, 4.69) is 5.10 Å². The number of esters is 1. The van der Waals surface area contributed by atoms with Crippen LogP contribution in [-0.2, 0) is 14.3 Å². The van der Waals surface area contributed by atoms with Crippen LogP contribution in [0.15, 0.2) is 52.2 Å². The lowest BCUT2D eigenvalue weighted by Gasteiger charge is -2.19. The van der Waals surface area contributed by atoms with Gasteiger partial charge in [-0.15, -0.1) is 0 Å². The van der Waals surface area contributed by atoms with Gasteiger partial charge in [-0.3, -0.25) is 9.59 Å². The summed E-state index contributed by atoms with van der Waals surface area (Å²) in [6.45, 7) is 1.54. The number of methoxy groups -OCH3 is 1. The van der Waals surface area contributed by atoms with Crippen molar-refractivity contribution in [3.05, 3.63) is 54.0 Å². The minimum atomic E-state index is -0.390. The maximum Gasteiger partial charge on any atom is 0.306 e. The summed E-state index contributed by atoms with van der Waals surface area (Å²) in [5, 5.41) is 5.83. The zero-order valence-electron chi connectivity index (χ0n) is 15.4. The van der Waals surface area contributed by atoms with Gasteiger partial charge in [-0.2, -0.15) is 5.10 Å². The second-order valence-electron chi connectivity index (χ2n) is 6.16. The molecular weight excluding hydrogens is 348 g/mol. The van der Waals surface area contributed by atoms with E-state index in [1.165, 1.54) is 5.01 Å². The van der Waals surface area contributed by atoms with Crippen molar-refractivity contribution in [1.29, 1.82) is 0 Å². The first-order chi connectivity index (χ1) is 13.1. The fourth-order valence-electron chi connectivity index (χ4n) is 2.89. The van der Waals surface area contributed by atoms with Crippen LogP contribution in [0.5, 0.6) is 5.75 Å². The molecule has 0 aliphatic carbocycles. The molecule has 0 spiro atoms. The summed E-state index contributed by atoms with van der Waals surface area (Å²) in [5.74, 6) is 0.606. The Morgan fingerprint density at radius 1 is 1.26 bits per heavy atom. The molecule has 1 atom stereocenters. The Balaban J connectivity index is 1.79. The molecule has 7 heteroatoms. The van der Waals surface area contributed by atoms with Gasteiger partial charge >= 0.3 is 5.97 Å². The van der Waals surface area contributed by atoms with E-state index < -0.39 is 0 Å². The summed E-state index contributed by atoms with van der Waals surface area (Å²) in [4.78, 5) is 24.2. The number of hydrazone groups is 1. The van der Waals surface area contributed by atoms with Crippen LogP contribution in [0, 0.1) is 0 Å². The maximum atomic E-state index is 12.6. The zero-order valence-corrected chi connectivity index (χ0v) is 15.4. The second kappa shape index (κ2) is 8.53. The Kier molecular flexibility index (Phi) is 5.90. The molecule has 7 nitrogen and oxygen atoms in total. The number of ether oxygens (including phenoxy) is 2. The predicted octanol–water partition coefficient (Wildman–Crippen LogP) is 3.31. The van der Waals surface area contributed by atoms with Gasteiger partial charge in [-0.1, -0.05) is 6.92 Å². The van der Waals surface area contributed by atoms with Crippen molar-refractivity contribution < 1.29 is 23.5 Å². The van der Waals surface area contributed by atoms with Gasteiger partial charge in [0.15, 0.2) is 6.61 Å². The van der Waals surface area contributed by atoms with Crippen molar-refractivity contribution in [2.24, 2.45) is 5.10 Å². The SMILES string of the molecule is CCCC(=O)OCC(=O)N1N=C(c2ccc(OC)cc2)C[C@H]1c1ccco1. The van der Waals surface area contributed by atoms with E-state index in [0.717, 1.165) is 17.0 Å². The zero-order chi connectivity index (χ0) is 19.2. The van der Waals surface area contributed by atoms with Gasteiger partial charge < -0.3 is 13.9 Å². The average Bonchev–Trinajstić information content (AvgIpc) is 3.36. The predicted molar refractivity (Wildman–Crippen MR) is 98.3 cm³/mol. The van der Waals surface area contributed by atoms with Crippen molar-refractivity contribution >= 4 is 17.6 Å². The van der Waals surface area contributed by atoms with Gasteiger partial charge in [0.2, 0.25) is 0 Å². The van der Waals surface area contributed by atoms with Crippen LogP contribution >= 0.6 is 0 Å². The number of carbonyl (C=O) groups is 2. The Morgan fingerprint density at radius 2 is 2.04 bits per heavy atom. The van der Waals surface area contributed by atoms with Gasteiger partial charge in [0.05, 0.1) is 19.1 Å². The van der Waals surface area contributed by atoms with E-state index >= 15 is 0 Å². The van der Waals surface area contributed by atoms with E-state index in [9.17, 15) is 9.59 Å². The quantitative estimate of drug-likeness (QED) is 0.699. The van der Waals surface area contributed by atoms with Gasteiger partial charge in [-0.05, 0) is 48.4 Å². The first kappa shape index (κ1) is 18.7. The van der Waals surface area contributed by atoms with Crippen molar-refractivity contribution in [3.63, 3.8) is 0 Å². The molecule has 142 valence electrons. The number of rotatable bonds is 7. The molecule has 0 bridgehead atoms. The minimum absolute atomic E-state index is 0.287. The Hall–Kier alpha value is -3.09. The first-order valence-electron chi connectivity index (χ1n) is 8.85. The number of furan rings is 1. The largest absolute Gasteiger partial charge is 0.497 e. The number of amides is 1. The van der Waals surface area contributed by atoms with E-state index in [-0.39, 0.29) is 30.9 Å². The maximum absolute atomic E-state index is 12.6. The molecule has 27 heavy (non-hydrogen) atoms. The molecule has 1 aromatic carbocycles. The van der Waals surface area contributed by atoms with E-state index in [1.807, 2.05) is 31.2 Å². The molecule has 1 aliphatic rings. The summed E-state index contributed by atoms with van der Waals surface area (Å²) >= 11 is 0. The summed E-state index contributed by atoms with van der Waals surface area (Å²) in [7, 11) is 1.61. The third-order valence-corrected chi connectivity index (χ3v) is 4.27. The molecular formula is C20H22N2O5. The van der Waals surface area contributed by atoms with Crippen molar-refractivity contribution in [3.8, 4) is 5.75 Å². The Morgan fingerprint density at radius 3 is 2.67 bits per heavy atom. The molecule has 0 saturated heterocycles. The van der Waals surface area contributed by atoms with Crippen LogP contribution in [0.4, 0.5) is 0 Å². The number of carbonyl (C=O) groups excluding carboxylic acids is 2. The number of nitrogens with zero attached hydrogens (tertiary/aromatic N) is 2. The normalized spacial score (nSPS) is 16.1. The van der Waals surface area contributed by atoms with Crippen molar-refractivity contribution in [1.82, 2.24) is 5.01 Å². The van der Waals surface area contributed by atoms with E-state index in [4.69, 9.17) is 13.9 Å². The van der Waals surface area contributed by atoms with Crippen LogP contribution in [0.2, 0.25) is 0 Å². The summed E-state index contributed by atoms with van der Waals surface area (Å²) in [6.07, 6.45) is 3.03. The van der Waals surface area contributed by atoms with Gasteiger partial charge in [-0.25, -0.2) is 5.01 Å². The third-order valence-electron chi connectivity index (χ3n) is 4.27. The molecule has 0 saturated carbocycles. The number of hydrogen-bond donors (Lipinski definition) is 0. The fourth-order valence-corrected chi connectivity index (χ4v) is 2.89. The van der Waals surface area contributed by atoms with Crippen LogP contribution in [0.25, 0.3) is 0 Å². The molecule has 2 heterocycles. The molecule has 0 radical (unpaired) electrons. The van der Waals surface area contributed by atoms with Gasteiger partial charge in [0.1, 0.15) is 17.6 Å². The van der Waals surface area contributed by atoms with Crippen LogP contribution in [0.1, 0.15) is 43.6 Å². The average molecular weight is 370 g/mol. The molecule has 0 unspecified atom stereocenters. The summed E-state index contributed by atoms with van der Waals surface area (Å²) in [5.41, 5.74) is 1.65. The van der Waals surface area contributed by atoms with E-state index in [0.29, 0.717) is 18.6 Å². The highest BCUT2D eigenvalue weighted by molar-refractivity contribution is 6.03. The number of hydrogen-bond acceptors (Lipinski definition) is 6. The first-order valence-corrected chi connectivity index (χ1v) is 8.85.